The molecular weight excluding hydrogens is 404 g/mol. The van der Waals surface area contributed by atoms with Crippen LogP contribution < -0.4 is 23.7 Å². The Labute approximate surface area is 181 Å². The van der Waals surface area contributed by atoms with E-state index < -0.39 is 0 Å². The Balaban J connectivity index is 1.63. The molecule has 8 nitrogen and oxygen atoms in total. The zero-order valence-corrected chi connectivity index (χ0v) is 18.3. The summed E-state index contributed by atoms with van der Waals surface area (Å²) >= 11 is 0. The molecular formula is C23H28O8. The molecule has 8 heteroatoms. The van der Waals surface area contributed by atoms with Gasteiger partial charge in [-0.25, -0.2) is 0 Å². The van der Waals surface area contributed by atoms with Crippen LogP contribution in [0.25, 0.3) is 0 Å². The number of aromatic hydroxyl groups is 1. The monoisotopic (exact) mass is 432 g/mol. The normalized spacial score (nSPS) is 24.5. The molecule has 2 aliphatic rings. The van der Waals surface area contributed by atoms with Crippen molar-refractivity contribution in [3.8, 4) is 34.5 Å². The largest absolute Gasteiger partial charge is 0.504 e. The van der Waals surface area contributed by atoms with Gasteiger partial charge in [-0.3, -0.25) is 0 Å². The second-order valence-electron chi connectivity index (χ2n) is 7.57. The maximum absolute atomic E-state index is 10.4. The maximum Gasteiger partial charge on any atom is 0.203 e. The molecule has 0 amide bonds. The fraction of sp³-hybridized carbons (Fsp3) is 0.478. The van der Waals surface area contributed by atoms with E-state index in [1.165, 1.54) is 7.11 Å². The van der Waals surface area contributed by atoms with E-state index in [9.17, 15) is 5.11 Å². The number of hydrogen-bond acceptors (Lipinski definition) is 8. The predicted octanol–water partition coefficient (Wildman–Crippen LogP) is 3.51. The summed E-state index contributed by atoms with van der Waals surface area (Å²) < 4.78 is 39.4. The van der Waals surface area contributed by atoms with Gasteiger partial charge in [-0.15, -0.1) is 0 Å². The van der Waals surface area contributed by atoms with Gasteiger partial charge in [-0.1, -0.05) is 0 Å². The van der Waals surface area contributed by atoms with Gasteiger partial charge in [0.2, 0.25) is 11.5 Å². The smallest absolute Gasteiger partial charge is 0.203 e. The topological polar surface area (TPSA) is 84.8 Å². The molecule has 0 saturated carbocycles. The Kier molecular flexibility index (Phi) is 6.02. The summed E-state index contributed by atoms with van der Waals surface area (Å²) in [6, 6.07) is 7.35. The summed E-state index contributed by atoms with van der Waals surface area (Å²) in [7, 11) is 7.80. The van der Waals surface area contributed by atoms with Gasteiger partial charge in [0.1, 0.15) is 0 Å². The van der Waals surface area contributed by atoms with E-state index in [0.717, 1.165) is 11.1 Å². The van der Waals surface area contributed by atoms with Crippen molar-refractivity contribution in [2.45, 2.75) is 12.2 Å². The van der Waals surface area contributed by atoms with Crippen LogP contribution in [-0.4, -0.2) is 53.9 Å². The lowest BCUT2D eigenvalue weighted by Gasteiger charge is -2.20. The van der Waals surface area contributed by atoms with Crippen LogP contribution in [0.5, 0.6) is 34.5 Å². The molecule has 0 aromatic heterocycles. The Morgan fingerprint density at radius 1 is 0.645 bits per heavy atom. The van der Waals surface area contributed by atoms with Crippen LogP contribution in [0, 0.1) is 11.8 Å². The molecule has 0 aliphatic carbocycles. The number of phenols is 1. The Morgan fingerprint density at radius 2 is 1.06 bits per heavy atom. The minimum absolute atomic E-state index is 0.0176. The minimum Gasteiger partial charge on any atom is -0.504 e. The number of methoxy groups -OCH3 is 5. The van der Waals surface area contributed by atoms with Crippen LogP contribution in [0.4, 0.5) is 0 Å². The average Bonchev–Trinajstić information content (AvgIpc) is 3.39. The fourth-order valence-corrected chi connectivity index (χ4v) is 4.63. The van der Waals surface area contributed by atoms with Crippen molar-refractivity contribution >= 4 is 0 Å². The van der Waals surface area contributed by atoms with Crippen LogP contribution in [0.2, 0.25) is 0 Å². The third-order valence-electron chi connectivity index (χ3n) is 6.09. The van der Waals surface area contributed by atoms with Crippen molar-refractivity contribution in [2.75, 3.05) is 48.8 Å². The van der Waals surface area contributed by atoms with Gasteiger partial charge in [-0.05, 0) is 35.4 Å². The molecule has 0 radical (unpaired) electrons. The van der Waals surface area contributed by atoms with Gasteiger partial charge >= 0.3 is 0 Å². The first-order valence-electron chi connectivity index (χ1n) is 10.0. The molecule has 2 aliphatic heterocycles. The molecule has 0 unspecified atom stereocenters. The molecule has 31 heavy (non-hydrogen) atoms. The molecule has 4 rings (SSSR count). The summed E-state index contributed by atoms with van der Waals surface area (Å²) in [6.45, 7) is 1.07. The quantitative estimate of drug-likeness (QED) is 0.712. The molecule has 2 heterocycles. The van der Waals surface area contributed by atoms with Crippen LogP contribution in [0.15, 0.2) is 24.3 Å². The lowest BCUT2D eigenvalue weighted by molar-refractivity contribution is 0.0190. The van der Waals surface area contributed by atoms with Crippen LogP contribution >= 0.6 is 0 Å². The Morgan fingerprint density at radius 3 is 1.48 bits per heavy atom. The minimum atomic E-state index is -0.220. The van der Waals surface area contributed by atoms with Crippen LogP contribution in [0.3, 0.4) is 0 Å². The fourth-order valence-electron chi connectivity index (χ4n) is 4.63. The van der Waals surface area contributed by atoms with Crippen molar-refractivity contribution in [1.29, 1.82) is 0 Å². The second kappa shape index (κ2) is 8.72. The number of ether oxygens (including phenoxy) is 7. The van der Waals surface area contributed by atoms with E-state index in [1.807, 2.05) is 18.2 Å². The third-order valence-corrected chi connectivity index (χ3v) is 6.09. The number of fused-ring (bicyclic) bond motifs is 1. The van der Waals surface area contributed by atoms with Crippen molar-refractivity contribution in [3.05, 3.63) is 35.4 Å². The molecule has 2 aromatic rings. The van der Waals surface area contributed by atoms with Crippen molar-refractivity contribution < 1.29 is 38.3 Å². The lowest BCUT2D eigenvalue weighted by atomic mass is 9.84. The SMILES string of the molecule is COc1cc([C@H]2OC[C@H]3[C@@H]2CO[C@@H]3c2cc(OC)c(OC)c(OC)c2)cc(O)c1OC. The van der Waals surface area contributed by atoms with Gasteiger partial charge < -0.3 is 38.3 Å². The summed E-state index contributed by atoms with van der Waals surface area (Å²) in [5, 5.41) is 10.4. The zero-order chi connectivity index (χ0) is 22.1. The Hall–Kier alpha value is -2.84. The summed E-state index contributed by atoms with van der Waals surface area (Å²) in [4.78, 5) is 0. The van der Waals surface area contributed by atoms with Crippen LogP contribution in [0.1, 0.15) is 23.3 Å². The zero-order valence-electron chi connectivity index (χ0n) is 18.3. The molecule has 0 bridgehead atoms. The number of benzene rings is 2. The average molecular weight is 432 g/mol. The second-order valence-corrected chi connectivity index (χ2v) is 7.57. The molecule has 4 atom stereocenters. The standard InChI is InChI=1S/C23H28O8/c1-25-17-7-12(6-16(24)22(17)28-4)20-14-10-31-21(15(14)11-30-20)13-8-18(26-2)23(29-5)19(9-13)27-3/h6-9,14-15,20-21,24H,10-11H2,1-5H3/t14-,15-,20+,21+/m0/s1. The lowest BCUT2D eigenvalue weighted by Crippen LogP contribution is -2.15. The molecule has 0 spiro atoms. The first kappa shape index (κ1) is 21.4. The highest BCUT2D eigenvalue weighted by molar-refractivity contribution is 5.55. The van der Waals surface area contributed by atoms with Gasteiger partial charge in [0, 0.05) is 11.8 Å². The Bertz CT molecular complexity index is 918. The highest BCUT2D eigenvalue weighted by Crippen LogP contribution is 2.53. The van der Waals surface area contributed by atoms with Crippen molar-refractivity contribution in [1.82, 2.24) is 0 Å². The van der Waals surface area contributed by atoms with E-state index in [2.05, 4.69) is 0 Å². The highest BCUT2D eigenvalue weighted by atomic mass is 16.5. The van der Waals surface area contributed by atoms with Gasteiger partial charge in [0.25, 0.3) is 0 Å². The highest BCUT2D eigenvalue weighted by Gasteiger charge is 2.48. The van der Waals surface area contributed by atoms with E-state index in [4.69, 9.17) is 33.2 Å². The van der Waals surface area contributed by atoms with E-state index in [-0.39, 0.29) is 29.8 Å². The summed E-state index contributed by atoms with van der Waals surface area (Å²) in [6.07, 6.45) is -0.389. The first-order chi connectivity index (χ1) is 15.1. The van der Waals surface area contributed by atoms with Gasteiger partial charge in [-0.2, -0.15) is 0 Å². The van der Waals surface area contributed by atoms with E-state index in [0.29, 0.717) is 42.0 Å². The van der Waals surface area contributed by atoms with Gasteiger partial charge in [0.15, 0.2) is 23.0 Å². The molecule has 2 saturated heterocycles. The first-order valence-corrected chi connectivity index (χ1v) is 10.0. The maximum atomic E-state index is 10.4. The van der Waals surface area contributed by atoms with Crippen molar-refractivity contribution in [2.24, 2.45) is 11.8 Å². The predicted molar refractivity (Wildman–Crippen MR) is 112 cm³/mol. The summed E-state index contributed by atoms with van der Waals surface area (Å²) in [5.41, 5.74) is 1.78. The molecule has 1 N–H and O–H groups in total. The number of phenolic OH excluding ortho intramolecular Hbond substituents is 1. The third kappa shape index (κ3) is 3.59. The van der Waals surface area contributed by atoms with Gasteiger partial charge in [0.05, 0.1) is 61.0 Å². The van der Waals surface area contributed by atoms with E-state index in [1.54, 1.807) is 34.5 Å². The van der Waals surface area contributed by atoms with Crippen LogP contribution in [-0.2, 0) is 9.47 Å². The molecule has 168 valence electrons. The summed E-state index contributed by atoms with van der Waals surface area (Å²) in [5.74, 6) is 2.77. The number of hydrogen-bond donors (Lipinski definition) is 1. The van der Waals surface area contributed by atoms with E-state index >= 15 is 0 Å². The molecule has 2 fully saturated rings. The van der Waals surface area contributed by atoms with Crippen molar-refractivity contribution in [3.63, 3.8) is 0 Å². The number of rotatable bonds is 7. The molecule has 2 aromatic carbocycles.